The molecular formula is C20H16ClN3O4S2. The van der Waals surface area contributed by atoms with Gasteiger partial charge >= 0.3 is 0 Å². The smallest absolute Gasteiger partial charge is 0.226 e. The van der Waals surface area contributed by atoms with Crippen molar-refractivity contribution in [3.05, 3.63) is 59.6 Å². The van der Waals surface area contributed by atoms with Crippen molar-refractivity contribution in [3.63, 3.8) is 0 Å². The van der Waals surface area contributed by atoms with Gasteiger partial charge in [0.15, 0.2) is 26.6 Å². The van der Waals surface area contributed by atoms with E-state index in [2.05, 4.69) is 15.3 Å². The van der Waals surface area contributed by atoms with Gasteiger partial charge in [-0.1, -0.05) is 22.9 Å². The van der Waals surface area contributed by atoms with Crippen molar-refractivity contribution < 1.29 is 17.6 Å². The van der Waals surface area contributed by atoms with E-state index in [4.69, 9.17) is 16.0 Å². The van der Waals surface area contributed by atoms with Crippen molar-refractivity contribution >= 4 is 54.0 Å². The van der Waals surface area contributed by atoms with Gasteiger partial charge in [-0.15, -0.1) is 0 Å². The van der Waals surface area contributed by atoms with Crippen molar-refractivity contribution in [1.82, 2.24) is 9.97 Å². The lowest BCUT2D eigenvalue weighted by Gasteiger charge is -1.99. The number of halogens is 1. The maximum absolute atomic E-state index is 12.3. The van der Waals surface area contributed by atoms with Gasteiger partial charge in [0.1, 0.15) is 0 Å². The molecule has 0 aliphatic rings. The minimum Gasteiger partial charge on any atom is -0.441 e. The highest BCUT2D eigenvalue weighted by Crippen LogP contribution is 2.28. The van der Waals surface area contributed by atoms with Crippen molar-refractivity contribution in [2.75, 3.05) is 11.6 Å². The molecule has 10 heteroatoms. The van der Waals surface area contributed by atoms with Gasteiger partial charge in [-0.3, -0.25) is 4.79 Å². The van der Waals surface area contributed by atoms with Gasteiger partial charge in [-0.25, -0.2) is 18.4 Å². The van der Waals surface area contributed by atoms with Crippen LogP contribution in [0.15, 0.2) is 58.0 Å². The van der Waals surface area contributed by atoms with Gasteiger partial charge < -0.3 is 9.73 Å². The molecular weight excluding hydrogens is 446 g/mol. The van der Waals surface area contributed by atoms with E-state index in [1.807, 2.05) is 12.1 Å². The average Bonchev–Trinajstić information content (AvgIpc) is 3.32. The summed E-state index contributed by atoms with van der Waals surface area (Å²) < 4.78 is 29.8. The molecule has 1 amide bonds. The molecule has 0 bridgehead atoms. The highest BCUT2D eigenvalue weighted by molar-refractivity contribution is 7.90. The van der Waals surface area contributed by atoms with E-state index in [0.29, 0.717) is 38.4 Å². The lowest BCUT2D eigenvalue weighted by atomic mass is 10.2. The molecule has 1 N–H and O–H groups in total. The first-order chi connectivity index (χ1) is 14.3. The summed E-state index contributed by atoms with van der Waals surface area (Å²) in [5.41, 5.74) is 1.48. The maximum atomic E-state index is 12.3. The topological polar surface area (TPSA) is 102 Å². The van der Waals surface area contributed by atoms with Crippen LogP contribution in [0.4, 0.5) is 5.13 Å². The van der Waals surface area contributed by atoms with Crippen LogP contribution >= 0.6 is 22.9 Å². The molecule has 7 nitrogen and oxygen atoms in total. The van der Waals surface area contributed by atoms with Crippen molar-refractivity contribution in [1.29, 1.82) is 0 Å². The third-order valence-electron chi connectivity index (χ3n) is 4.28. The SMILES string of the molecule is CS(=O)(=O)c1ccc2nc(NC(=O)CCc3ncc(-c4ccc(Cl)cc4)o3)sc2c1. The molecule has 0 saturated carbocycles. The van der Waals surface area contributed by atoms with Crippen LogP contribution in [0.3, 0.4) is 0 Å². The van der Waals surface area contributed by atoms with E-state index in [-0.39, 0.29) is 17.2 Å². The molecule has 0 aliphatic carbocycles. The molecule has 4 aromatic rings. The summed E-state index contributed by atoms with van der Waals surface area (Å²) in [5.74, 6) is 0.829. The summed E-state index contributed by atoms with van der Waals surface area (Å²) >= 11 is 7.11. The number of benzene rings is 2. The lowest BCUT2D eigenvalue weighted by molar-refractivity contribution is -0.116. The molecule has 0 saturated heterocycles. The van der Waals surface area contributed by atoms with E-state index >= 15 is 0 Å². The van der Waals surface area contributed by atoms with Crippen LogP contribution < -0.4 is 5.32 Å². The Bertz CT molecular complexity index is 1330. The van der Waals surface area contributed by atoms with Crippen LogP contribution in [0.5, 0.6) is 0 Å². The second-order valence-corrected chi connectivity index (χ2v) is 10.1. The Labute approximate surface area is 181 Å². The quantitative estimate of drug-likeness (QED) is 0.451. The highest BCUT2D eigenvalue weighted by Gasteiger charge is 2.13. The van der Waals surface area contributed by atoms with Crippen molar-refractivity contribution in [3.8, 4) is 11.3 Å². The third kappa shape index (κ3) is 4.69. The van der Waals surface area contributed by atoms with E-state index < -0.39 is 9.84 Å². The Hall–Kier alpha value is -2.75. The lowest BCUT2D eigenvalue weighted by Crippen LogP contribution is -2.12. The molecule has 2 aromatic carbocycles. The van der Waals surface area contributed by atoms with Crippen molar-refractivity contribution in [2.24, 2.45) is 0 Å². The Balaban J connectivity index is 1.39. The summed E-state index contributed by atoms with van der Waals surface area (Å²) in [7, 11) is -3.30. The van der Waals surface area contributed by atoms with Crippen LogP contribution in [0.1, 0.15) is 12.3 Å². The number of hydrogen-bond acceptors (Lipinski definition) is 7. The molecule has 0 atom stereocenters. The molecule has 0 fully saturated rings. The average molecular weight is 462 g/mol. The fourth-order valence-electron chi connectivity index (χ4n) is 2.76. The molecule has 154 valence electrons. The number of aromatic nitrogens is 2. The number of carbonyl (C=O) groups excluding carboxylic acids is 1. The van der Waals surface area contributed by atoms with Crippen LogP contribution in [-0.2, 0) is 21.1 Å². The molecule has 0 spiro atoms. The summed E-state index contributed by atoms with van der Waals surface area (Å²) in [6.45, 7) is 0. The van der Waals surface area contributed by atoms with Crippen molar-refractivity contribution in [2.45, 2.75) is 17.7 Å². The highest BCUT2D eigenvalue weighted by atomic mass is 35.5. The van der Waals surface area contributed by atoms with Gasteiger partial charge in [-0.2, -0.15) is 0 Å². The molecule has 0 unspecified atom stereocenters. The zero-order chi connectivity index (χ0) is 21.3. The normalized spacial score (nSPS) is 11.7. The Morgan fingerprint density at radius 1 is 1.20 bits per heavy atom. The monoisotopic (exact) mass is 461 g/mol. The zero-order valence-corrected chi connectivity index (χ0v) is 18.1. The number of thiazole rings is 1. The number of anilines is 1. The number of sulfone groups is 1. The number of rotatable bonds is 6. The number of oxazole rings is 1. The summed E-state index contributed by atoms with van der Waals surface area (Å²) in [6.07, 6.45) is 3.27. The predicted octanol–water partition coefficient (Wildman–Crippen LogP) is 4.58. The van der Waals surface area contributed by atoms with Gasteiger partial charge in [0.2, 0.25) is 5.91 Å². The molecule has 0 aliphatic heterocycles. The van der Waals surface area contributed by atoms with Gasteiger partial charge in [0.25, 0.3) is 0 Å². The van der Waals surface area contributed by atoms with Crippen LogP contribution in [0.25, 0.3) is 21.5 Å². The Morgan fingerprint density at radius 2 is 1.97 bits per heavy atom. The van der Waals surface area contributed by atoms with E-state index in [0.717, 1.165) is 11.8 Å². The predicted molar refractivity (Wildman–Crippen MR) is 117 cm³/mol. The molecule has 2 aromatic heterocycles. The second kappa shape index (κ2) is 8.17. The summed E-state index contributed by atoms with van der Waals surface area (Å²) in [4.78, 5) is 21.0. The molecule has 2 heterocycles. The Morgan fingerprint density at radius 3 is 2.70 bits per heavy atom. The van der Waals surface area contributed by atoms with E-state index in [1.165, 1.54) is 17.4 Å². The van der Waals surface area contributed by atoms with Crippen LogP contribution in [0.2, 0.25) is 5.02 Å². The van der Waals surface area contributed by atoms with Gasteiger partial charge in [0, 0.05) is 29.7 Å². The van der Waals surface area contributed by atoms with Gasteiger partial charge in [-0.05, 0) is 42.5 Å². The molecule has 0 radical (unpaired) electrons. The number of hydrogen-bond donors (Lipinski definition) is 1. The van der Waals surface area contributed by atoms with Crippen LogP contribution in [-0.4, -0.2) is 30.5 Å². The Kier molecular flexibility index (Phi) is 5.59. The minimum atomic E-state index is -3.30. The largest absolute Gasteiger partial charge is 0.441 e. The summed E-state index contributed by atoms with van der Waals surface area (Å²) in [6, 6.07) is 11.9. The zero-order valence-electron chi connectivity index (χ0n) is 15.8. The van der Waals surface area contributed by atoms with Gasteiger partial charge in [0.05, 0.1) is 21.3 Å². The number of fused-ring (bicyclic) bond motifs is 1. The maximum Gasteiger partial charge on any atom is 0.226 e. The number of nitrogens with zero attached hydrogens (tertiary/aromatic N) is 2. The fourth-order valence-corrected chi connectivity index (χ4v) is 4.53. The standard InChI is InChI=1S/C20H16ClN3O4S2/c1-30(26,27)14-6-7-15-17(10-14)29-20(23-15)24-18(25)8-9-19-22-11-16(28-19)12-2-4-13(21)5-3-12/h2-7,10-11H,8-9H2,1H3,(H,23,24,25). The first kappa shape index (κ1) is 20.5. The number of aryl methyl sites for hydroxylation is 1. The first-order valence-electron chi connectivity index (χ1n) is 8.89. The van der Waals surface area contributed by atoms with Crippen LogP contribution in [0, 0.1) is 0 Å². The number of nitrogens with one attached hydrogen (secondary N) is 1. The second-order valence-electron chi connectivity index (χ2n) is 6.59. The minimum absolute atomic E-state index is 0.172. The molecule has 30 heavy (non-hydrogen) atoms. The molecule has 4 rings (SSSR count). The fraction of sp³-hybridized carbons (Fsp3) is 0.150. The third-order valence-corrected chi connectivity index (χ3v) is 6.58. The number of amides is 1. The number of carbonyl (C=O) groups is 1. The van der Waals surface area contributed by atoms with E-state index in [1.54, 1.807) is 30.5 Å². The first-order valence-corrected chi connectivity index (χ1v) is 12.0. The van der Waals surface area contributed by atoms with E-state index in [9.17, 15) is 13.2 Å². The summed E-state index contributed by atoms with van der Waals surface area (Å²) in [5, 5.41) is 3.79.